The van der Waals surface area contributed by atoms with Gasteiger partial charge in [0, 0.05) is 32.9 Å². The van der Waals surface area contributed by atoms with E-state index >= 15 is 0 Å². The Morgan fingerprint density at radius 3 is 1.58 bits per heavy atom. The van der Waals surface area contributed by atoms with Crippen molar-refractivity contribution in [1.82, 2.24) is 9.13 Å². The van der Waals surface area contributed by atoms with Crippen LogP contribution in [0.3, 0.4) is 0 Å². The maximum Gasteiger partial charge on any atom is 0.0641 e. The number of nitrogens with zero attached hydrogens (tertiary/aromatic N) is 2. The van der Waals surface area contributed by atoms with Gasteiger partial charge in [-0.3, -0.25) is 0 Å². The van der Waals surface area contributed by atoms with Gasteiger partial charge in [-0.25, -0.2) is 0 Å². The fraction of sp³-hybridized carbons (Fsp3) is 0. The highest BCUT2D eigenvalue weighted by atomic mass is 15.0. The quantitative estimate of drug-likeness (QED) is 0.188. The van der Waals surface area contributed by atoms with Gasteiger partial charge < -0.3 is 9.13 Å². The second kappa shape index (κ2) is 10.6. The number of rotatable bonds is 4. The lowest BCUT2D eigenvalue weighted by molar-refractivity contribution is 1.17. The van der Waals surface area contributed by atoms with Crippen LogP contribution < -0.4 is 0 Å². The zero-order valence-corrected chi connectivity index (χ0v) is 26.2. The van der Waals surface area contributed by atoms with Crippen molar-refractivity contribution in [3.05, 3.63) is 182 Å². The average molecular weight is 611 g/mol. The predicted octanol–water partition coefficient (Wildman–Crippen LogP) is 12.4. The molecule has 224 valence electrons. The Morgan fingerprint density at radius 1 is 0.292 bits per heavy atom. The number of benzene rings is 8. The first-order chi connectivity index (χ1) is 23.8. The Kier molecular flexibility index (Phi) is 5.91. The summed E-state index contributed by atoms with van der Waals surface area (Å²) in [4.78, 5) is 0. The molecule has 2 nitrogen and oxygen atoms in total. The monoisotopic (exact) mass is 610 g/mol. The first kappa shape index (κ1) is 26.8. The fourth-order valence-electron chi connectivity index (χ4n) is 7.66. The molecule has 0 aliphatic rings. The average Bonchev–Trinajstić information content (AvgIpc) is 3.68. The second-order valence-electron chi connectivity index (χ2n) is 12.6. The third kappa shape index (κ3) is 4.06. The molecule has 0 spiro atoms. The highest BCUT2D eigenvalue weighted by Crippen LogP contribution is 2.42. The van der Waals surface area contributed by atoms with Crippen LogP contribution in [0.25, 0.3) is 88.0 Å². The van der Waals surface area contributed by atoms with E-state index in [2.05, 4.69) is 191 Å². The largest absolute Gasteiger partial charge is 0.309 e. The SMILES string of the molecule is c1ccc(-n2c3ccccc3c3ccc4c(c5ccccc5n4-c4ccc(-c5ccc(-c6ccc7ccccc7c6)cc5)cc4)c32)cc1. The van der Waals surface area contributed by atoms with Gasteiger partial charge in [0.05, 0.1) is 22.1 Å². The maximum atomic E-state index is 2.44. The second-order valence-corrected chi connectivity index (χ2v) is 12.6. The molecule has 0 N–H and O–H groups in total. The number of fused-ring (bicyclic) bond motifs is 8. The molecule has 2 heteroatoms. The van der Waals surface area contributed by atoms with E-state index in [9.17, 15) is 0 Å². The maximum absolute atomic E-state index is 2.44. The Hall–Kier alpha value is -6.38. The first-order valence-corrected chi connectivity index (χ1v) is 16.5. The van der Waals surface area contributed by atoms with Gasteiger partial charge in [-0.2, -0.15) is 0 Å². The summed E-state index contributed by atoms with van der Waals surface area (Å²) in [6.45, 7) is 0. The van der Waals surface area contributed by atoms with E-state index in [-0.39, 0.29) is 0 Å². The number of hydrogen-bond acceptors (Lipinski definition) is 0. The standard InChI is InChI=1S/C46H30N2/c1-2-12-37(13-3-1)48-42-16-8-6-14-39(42)40-28-29-44-45(46(40)48)41-15-7-9-17-43(41)47(44)38-26-24-33(25-27-38)32-18-20-34(21-19-32)36-23-22-31-10-4-5-11-35(31)30-36/h1-30H. The minimum atomic E-state index is 1.15. The van der Waals surface area contributed by atoms with E-state index in [1.165, 1.54) is 82.3 Å². The Morgan fingerprint density at radius 2 is 0.833 bits per heavy atom. The summed E-state index contributed by atoms with van der Waals surface area (Å²) in [5, 5.41) is 7.60. The van der Waals surface area contributed by atoms with E-state index in [1.54, 1.807) is 0 Å². The van der Waals surface area contributed by atoms with Gasteiger partial charge in [-0.05, 0) is 81.6 Å². The highest BCUT2D eigenvalue weighted by molar-refractivity contribution is 6.26. The normalized spacial score (nSPS) is 11.8. The Balaban J connectivity index is 1.11. The minimum absolute atomic E-state index is 1.15. The van der Waals surface area contributed by atoms with Gasteiger partial charge in [-0.1, -0.05) is 133 Å². The molecule has 2 heterocycles. The molecule has 48 heavy (non-hydrogen) atoms. The lowest BCUT2D eigenvalue weighted by atomic mass is 9.98. The summed E-state index contributed by atoms with van der Waals surface area (Å²) in [7, 11) is 0. The summed E-state index contributed by atoms with van der Waals surface area (Å²) in [6.07, 6.45) is 0. The summed E-state index contributed by atoms with van der Waals surface area (Å²) in [5.74, 6) is 0. The van der Waals surface area contributed by atoms with Crippen LogP contribution in [0.15, 0.2) is 182 Å². The van der Waals surface area contributed by atoms with E-state index in [0.29, 0.717) is 0 Å². The molecule has 0 saturated carbocycles. The molecule has 10 aromatic rings. The zero-order valence-electron chi connectivity index (χ0n) is 26.2. The molecule has 8 aromatic carbocycles. The van der Waals surface area contributed by atoms with Crippen LogP contribution in [0.2, 0.25) is 0 Å². The van der Waals surface area contributed by atoms with Gasteiger partial charge >= 0.3 is 0 Å². The molecular formula is C46H30N2. The molecule has 0 bridgehead atoms. The molecular weight excluding hydrogens is 581 g/mol. The lowest BCUT2D eigenvalue weighted by Gasteiger charge is -2.11. The molecule has 0 amide bonds. The molecule has 0 atom stereocenters. The molecule has 0 fully saturated rings. The third-order valence-corrected chi connectivity index (χ3v) is 9.91. The predicted molar refractivity (Wildman–Crippen MR) is 203 cm³/mol. The van der Waals surface area contributed by atoms with Gasteiger partial charge in [0.25, 0.3) is 0 Å². The van der Waals surface area contributed by atoms with Gasteiger partial charge in [0.2, 0.25) is 0 Å². The van der Waals surface area contributed by atoms with Crippen molar-refractivity contribution in [2.75, 3.05) is 0 Å². The molecule has 0 radical (unpaired) electrons. The molecule has 2 aromatic heterocycles. The molecule has 0 aliphatic heterocycles. The van der Waals surface area contributed by atoms with Gasteiger partial charge in [-0.15, -0.1) is 0 Å². The smallest absolute Gasteiger partial charge is 0.0641 e. The van der Waals surface area contributed by atoms with Crippen LogP contribution in [0.5, 0.6) is 0 Å². The van der Waals surface area contributed by atoms with Crippen molar-refractivity contribution in [3.8, 4) is 33.6 Å². The Bertz CT molecular complexity index is 2800. The fourth-order valence-corrected chi connectivity index (χ4v) is 7.66. The van der Waals surface area contributed by atoms with Crippen LogP contribution >= 0.6 is 0 Å². The minimum Gasteiger partial charge on any atom is -0.309 e. The van der Waals surface area contributed by atoms with Crippen molar-refractivity contribution in [1.29, 1.82) is 0 Å². The van der Waals surface area contributed by atoms with Crippen LogP contribution in [-0.2, 0) is 0 Å². The van der Waals surface area contributed by atoms with Gasteiger partial charge in [0.15, 0.2) is 0 Å². The molecule has 10 rings (SSSR count). The summed E-state index contributed by atoms with van der Waals surface area (Å²) < 4.78 is 4.86. The topological polar surface area (TPSA) is 9.86 Å². The van der Waals surface area contributed by atoms with Crippen molar-refractivity contribution < 1.29 is 0 Å². The number of hydrogen-bond donors (Lipinski definition) is 0. The molecule has 0 unspecified atom stereocenters. The number of aromatic nitrogens is 2. The molecule has 0 saturated heterocycles. The van der Waals surface area contributed by atoms with Crippen molar-refractivity contribution in [3.63, 3.8) is 0 Å². The van der Waals surface area contributed by atoms with Crippen molar-refractivity contribution >= 4 is 54.4 Å². The summed E-state index contributed by atoms with van der Waals surface area (Å²) >= 11 is 0. The summed E-state index contributed by atoms with van der Waals surface area (Å²) in [6, 6.07) is 66.1. The van der Waals surface area contributed by atoms with Gasteiger partial charge in [0.1, 0.15) is 0 Å². The third-order valence-electron chi connectivity index (χ3n) is 9.91. The Labute approximate surface area is 278 Å². The van der Waals surface area contributed by atoms with E-state index in [1.807, 2.05) is 0 Å². The highest BCUT2D eigenvalue weighted by Gasteiger charge is 2.20. The van der Waals surface area contributed by atoms with Crippen LogP contribution in [0.4, 0.5) is 0 Å². The van der Waals surface area contributed by atoms with E-state index in [0.717, 1.165) is 5.69 Å². The number of para-hydroxylation sites is 3. The molecule has 0 aliphatic carbocycles. The first-order valence-electron chi connectivity index (χ1n) is 16.5. The lowest BCUT2D eigenvalue weighted by Crippen LogP contribution is -1.95. The summed E-state index contributed by atoms with van der Waals surface area (Å²) in [5.41, 5.74) is 12.1. The van der Waals surface area contributed by atoms with Crippen LogP contribution in [0.1, 0.15) is 0 Å². The van der Waals surface area contributed by atoms with Crippen LogP contribution in [-0.4, -0.2) is 9.13 Å². The zero-order chi connectivity index (χ0) is 31.6. The van der Waals surface area contributed by atoms with E-state index < -0.39 is 0 Å². The van der Waals surface area contributed by atoms with Crippen molar-refractivity contribution in [2.45, 2.75) is 0 Å². The van der Waals surface area contributed by atoms with E-state index in [4.69, 9.17) is 0 Å². The van der Waals surface area contributed by atoms with Crippen LogP contribution in [0, 0.1) is 0 Å². The van der Waals surface area contributed by atoms with Crippen molar-refractivity contribution in [2.24, 2.45) is 0 Å².